The summed E-state index contributed by atoms with van der Waals surface area (Å²) in [5, 5.41) is 3.85. The minimum atomic E-state index is -0.191. The molecule has 5 heteroatoms. The summed E-state index contributed by atoms with van der Waals surface area (Å²) in [4.78, 5) is 27.6. The van der Waals surface area contributed by atoms with Crippen molar-refractivity contribution in [2.24, 2.45) is 5.92 Å². The maximum absolute atomic E-state index is 13.1. The zero-order valence-corrected chi connectivity index (χ0v) is 18.0. The van der Waals surface area contributed by atoms with Crippen molar-refractivity contribution in [3.63, 3.8) is 0 Å². The zero-order chi connectivity index (χ0) is 21.6. The number of nitrogens with one attached hydrogen (secondary N) is 1. The van der Waals surface area contributed by atoms with E-state index in [1.807, 2.05) is 65.6 Å². The molecule has 1 fully saturated rings. The summed E-state index contributed by atoms with van der Waals surface area (Å²) >= 11 is 5.92. The van der Waals surface area contributed by atoms with Crippen LogP contribution in [0.2, 0.25) is 5.02 Å². The van der Waals surface area contributed by atoms with Gasteiger partial charge in [-0.15, -0.1) is 0 Å². The lowest BCUT2D eigenvalue weighted by Crippen LogP contribution is -2.43. The van der Waals surface area contributed by atoms with Gasteiger partial charge in [-0.3, -0.25) is 9.59 Å². The van der Waals surface area contributed by atoms with Gasteiger partial charge in [0.05, 0.1) is 6.04 Å². The van der Waals surface area contributed by atoms with Gasteiger partial charge in [-0.1, -0.05) is 72.3 Å². The van der Waals surface area contributed by atoms with Gasteiger partial charge < -0.3 is 10.2 Å². The second kappa shape index (κ2) is 9.80. The lowest BCUT2D eigenvalue weighted by Gasteiger charge is -2.32. The fourth-order valence-corrected chi connectivity index (χ4v) is 4.16. The summed E-state index contributed by atoms with van der Waals surface area (Å²) in [7, 11) is 0. The van der Waals surface area contributed by atoms with Crippen LogP contribution in [-0.4, -0.2) is 29.8 Å². The van der Waals surface area contributed by atoms with Crippen LogP contribution in [0.1, 0.15) is 40.4 Å². The van der Waals surface area contributed by atoms with Crippen molar-refractivity contribution < 1.29 is 9.59 Å². The summed E-state index contributed by atoms with van der Waals surface area (Å²) in [6, 6.07) is 26.8. The van der Waals surface area contributed by atoms with Gasteiger partial charge in [0.1, 0.15) is 0 Å². The normalized spacial score (nSPS) is 14.5. The molecule has 2 amide bonds. The van der Waals surface area contributed by atoms with E-state index >= 15 is 0 Å². The molecule has 0 radical (unpaired) electrons. The summed E-state index contributed by atoms with van der Waals surface area (Å²) in [5.41, 5.74) is 2.73. The Bertz CT molecular complexity index is 975. The Morgan fingerprint density at radius 2 is 1.32 bits per heavy atom. The first kappa shape index (κ1) is 21.1. The molecule has 4 nitrogen and oxygen atoms in total. The van der Waals surface area contributed by atoms with Gasteiger partial charge in [-0.25, -0.2) is 0 Å². The Labute approximate surface area is 187 Å². The molecule has 4 rings (SSSR count). The van der Waals surface area contributed by atoms with Crippen LogP contribution < -0.4 is 5.32 Å². The molecular weight excluding hydrogens is 408 g/mol. The van der Waals surface area contributed by atoms with Crippen LogP contribution in [0.25, 0.3) is 0 Å². The molecule has 0 atom stereocenters. The van der Waals surface area contributed by atoms with Crippen molar-refractivity contribution in [3.05, 3.63) is 107 Å². The van der Waals surface area contributed by atoms with E-state index in [0.29, 0.717) is 36.5 Å². The summed E-state index contributed by atoms with van der Waals surface area (Å²) < 4.78 is 0. The maximum atomic E-state index is 13.1. The van der Waals surface area contributed by atoms with Crippen molar-refractivity contribution in [1.29, 1.82) is 0 Å². The quantitative estimate of drug-likeness (QED) is 0.609. The highest BCUT2D eigenvalue weighted by Gasteiger charge is 2.29. The Morgan fingerprint density at radius 3 is 1.84 bits per heavy atom. The number of hydrogen-bond donors (Lipinski definition) is 1. The van der Waals surface area contributed by atoms with Crippen LogP contribution in [0, 0.1) is 5.92 Å². The highest BCUT2D eigenvalue weighted by molar-refractivity contribution is 6.30. The van der Waals surface area contributed by atoms with E-state index in [0.717, 1.165) is 11.1 Å². The zero-order valence-electron chi connectivity index (χ0n) is 17.2. The molecule has 0 bridgehead atoms. The lowest BCUT2D eigenvalue weighted by molar-refractivity contribution is -0.126. The molecule has 31 heavy (non-hydrogen) atoms. The third-order valence-electron chi connectivity index (χ3n) is 5.80. The third-order valence-corrected chi connectivity index (χ3v) is 6.05. The Morgan fingerprint density at radius 1 is 0.806 bits per heavy atom. The van der Waals surface area contributed by atoms with Gasteiger partial charge in [-0.2, -0.15) is 0 Å². The SMILES string of the molecule is O=C(NC(c1ccccc1)c1ccccc1)C1CCN(C(=O)c2ccc(Cl)cc2)CC1. The van der Waals surface area contributed by atoms with Gasteiger partial charge >= 0.3 is 0 Å². The van der Waals surface area contributed by atoms with E-state index < -0.39 is 0 Å². The van der Waals surface area contributed by atoms with E-state index in [1.165, 1.54) is 0 Å². The van der Waals surface area contributed by atoms with E-state index in [4.69, 9.17) is 11.6 Å². The average molecular weight is 433 g/mol. The molecule has 1 aliphatic rings. The number of rotatable bonds is 5. The minimum absolute atomic E-state index is 0.0121. The Balaban J connectivity index is 1.40. The number of nitrogens with zero attached hydrogens (tertiary/aromatic N) is 1. The fourth-order valence-electron chi connectivity index (χ4n) is 4.03. The minimum Gasteiger partial charge on any atom is -0.345 e. The first-order valence-corrected chi connectivity index (χ1v) is 10.9. The van der Waals surface area contributed by atoms with E-state index in [2.05, 4.69) is 5.32 Å². The molecule has 0 unspecified atom stereocenters. The van der Waals surface area contributed by atoms with Crippen LogP contribution in [0.3, 0.4) is 0 Å². The second-order valence-electron chi connectivity index (χ2n) is 7.84. The summed E-state index contributed by atoms with van der Waals surface area (Å²) in [6.07, 6.45) is 1.31. The molecule has 0 aromatic heterocycles. The average Bonchev–Trinajstić information content (AvgIpc) is 2.83. The Kier molecular flexibility index (Phi) is 6.68. The second-order valence-corrected chi connectivity index (χ2v) is 8.27. The first-order chi connectivity index (χ1) is 15.1. The van der Waals surface area contributed by atoms with Crippen LogP contribution >= 0.6 is 11.6 Å². The number of halogens is 1. The van der Waals surface area contributed by atoms with Crippen molar-refractivity contribution in [1.82, 2.24) is 10.2 Å². The number of carbonyl (C=O) groups excluding carboxylic acids is 2. The van der Waals surface area contributed by atoms with Gasteiger partial charge in [0.25, 0.3) is 5.91 Å². The Hall–Kier alpha value is -3.11. The number of likely N-dealkylation sites (tertiary alicyclic amines) is 1. The topological polar surface area (TPSA) is 49.4 Å². The molecule has 1 N–H and O–H groups in total. The van der Waals surface area contributed by atoms with Crippen LogP contribution in [-0.2, 0) is 4.79 Å². The van der Waals surface area contributed by atoms with Crippen molar-refractivity contribution in [2.45, 2.75) is 18.9 Å². The third kappa shape index (κ3) is 5.15. The van der Waals surface area contributed by atoms with Crippen LogP contribution in [0.4, 0.5) is 0 Å². The molecule has 1 aliphatic heterocycles. The highest BCUT2D eigenvalue weighted by Crippen LogP contribution is 2.25. The lowest BCUT2D eigenvalue weighted by atomic mass is 9.93. The number of amides is 2. The van der Waals surface area contributed by atoms with Crippen molar-refractivity contribution in [3.8, 4) is 0 Å². The molecule has 3 aromatic carbocycles. The highest BCUT2D eigenvalue weighted by atomic mass is 35.5. The summed E-state index contributed by atoms with van der Waals surface area (Å²) in [6.45, 7) is 1.14. The molecule has 1 heterocycles. The smallest absolute Gasteiger partial charge is 0.253 e. The largest absolute Gasteiger partial charge is 0.345 e. The number of hydrogen-bond acceptors (Lipinski definition) is 2. The van der Waals surface area contributed by atoms with E-state index in [9.17, 15) is 9.59 Å². The standard InChI is InChI=1S/C26H25ClN2O2/c27-23-13-11-22(12-14-23)26(31)29-17-15-21(16-18-29)25(30)28-24(19-7-3-1-4-8-19)20-9-5-2-6-10-20/h1-14,21,24H,15-18H2,(H,28,30). The molecule has 0 spiro atoms. The fraction of sp³-hybridized carbons (Fsp3) is 0.231. The van der Waals surface area contributed by atoms with E-state index in [1.54, 1.807) is 24.3 Å². The predicted molar refractivity (Wildman–Crippen MR) is 123 cm³/mol. The van der Waals surface area contributed by atoms with Crippen LogP contribution in [0.15, 0.2) is 84.9 Å². The molecular formula is C26H25ClN2O2. The predicted octanol–water partition coefficient (Wildman–Crippen LogP) is 5.10. The maximum Gasteiger partial charge on any atom is 0.253 e. The van der Waals surface area contributed by atoms with E-state index in [-0.39, 0.29) is 23.8 Å². The van der Waals surface area contributed by atoms with Crippen molar-refractivity contribution >= 4 is 23.4 Å². The molecule has 0 saturated carbocycles. The number of carbonyl (C=O) groups is 2. The molecule has 3 aromatic rings. The van der Waals surface area contributed by atoms with Gasteiger partial charge in [0, 0.05) is 29.6 Å². The number of piperidine rings is 1. The van der Waals surface area contributed by atoms with Crippen LogP contribution in [0.5, 0.6) is 0 Å². The van der Waals surface area contributed by atoms with Gasteiger partial charge in [0.15, 0.2) is 0 Å². The van der Waals surface area contributed by atoms with Gasteiger partial charge in [0.2, 0.25) is 5.91 Å². The van der Waals surface area contributed by atoms with Gasteiger partial charge in [-0.05, 0) is 48.2 Å². The first-order valence-electron chi connectivity index (χ1n) is 10.6. The summed E-state index contributed by atoms with van der Waals surface area (Å²) in [5.74, 6) is -0.0811. The monoisotopic (exact) mass is 432 g/mol. The molecule has 1 saturated heterocycles. The number of benzene rings is 3. The molecule has 158 valence electrons. The molecule has 0 aliphatic carbocycles. The van der Waals surface area contributed by atoms with Crippen molar-refractivity contribution in [2.75, 3.05) is 13.1 Å².